The molecule has 30 heavy (non-hydrogen) atoms. The summed E-state index contributed by atoms with van der Waals surface area (Å²) in [5.41, 5.74) is 0.695. The zero-order valence-corrected chi connectivity index (χ0v) is 21.9. The van der Waals surface area contributed by atoms with Gasteiger partial charge >= 0.3 is 0 Å². The van der Waals surface area contributed by atoms with Crippen molar-refractivity contribution >= 4 is 40.0 Å². The molecule has 1 saturated heterocycles. The summed E-state index contributed by atoms with van der Waals surface area (Å²) >= 11 is 0. The van der Waals surface area contributed by atoms with Gasteiger partial charge < -0.3 is 10.6 Å². The highest BCUT2D eigenvalue weighted by molar-refractivity contribution is 14.0. The first-order valence-corrected chi connectivity index (χ1v) is 12.1. The van der Waals surface area contributed by atoms with Gasteiger partial charge in [-0.25, -0.2) is 17.7 Å². The lowest BCUT2D eigenvalue weighted by Gasteiger charge is -2.35. The van der Waals surface area contributed by atoms with Crippen molar-refractivity contribution in [2.75, 3.05) is 40.3 Å². The predicted octanol–water partition coefficient (Wildman–Crippen LogP) is 2.87. The minimum absolute atomic E-state index is 0. The van der Waals surface area contributed by atoms with Gasteiger partial charge in [-0.2, -0.15) is 0 Å². The number of benzene rings is 1. The van der Waals surface area contributed by atoms with Crippen molar-refractivity contribution in [3.8, 4) is 0 Å². The number of likely N-dealkylation sites (tertiary alicyclic amines) is 1. The van der Waals surface area contributed by atoms with Gasteiger partial charge in [-0.15, -0.1) is 24.0 Å². The summed E-state index contributed by atoms with van der Waals surface area (Å²) in [4.78, 5) is 7.51. The number of rotatable bonds is 9. The van der Waals surface area contributed by atoms with Crippen molar-refractivity contribution in [2.24, 2.45) is 4.99 Å². The molecule has 2 rings (SSSR count). The van der Waals surface area contributed by atoms with E-state index < -0.39 is 10.0 Å². The lowest BCUT2D eigenvalue weighted by Crippen LogP contribution is -2.45. The summed E-state index contributed by atoms with van der Waals surface area (Å²) in [5.74, 6) is 0.717. The summed E-state index contributed by atoms with van der Waals surface area (Å²) in [6.07, 6.45) is 5.11. The van der Waals surface area contributed by atoms with Crippen molar-refractivity contribution in [3.63, 3.8) is 0 Å². The second-order valence-electron chi connectivity index (χ2n) is 7.61. The van der Waals surface area contributed by atoms with Gasteiger partial charge in [0.05, 0.1) is 11.4 Å². The number of hydrogen-bond acceptors (Lipinski definition) is 4. The molecule has 1 aliphatic heterocycles. The van der Waals surface area contributed by atoms with E-state index in [4.69, 9.17) is 0 Å². The van der Waals surface area contributed by atoms with Crippen molar-refractivity contribution in [2.45, 2.75) is 57.0 Å². The van der Waals surface area contributed by atoms with Gasteiger partial charge in [-0.1, -0.05) is 31.5 Å². The summed E-state index contributed by atoms with van der Waals surface area (Å²) < 4.78 is 26.4. The van der Waals surface area contributed by atoms with Crippen LogP contribution in [-0.2, 0) is 16.6 Å². The zero-order chi connectivity index (χ0) is 21.3. The molecule has 172 valence electrons. The Morgan fingerprint density at radius 1 is 1.20 bits per heavy atom. The molecule has 2 N–H and O–H groups in total. The fourth-order valence-electron chi connectivity index (χ4n) is 3.72. The minimum Gasteiger partial charge on any atom is -0.357 e. The molecule has 0 bridgehead atoms. The van der Waals surface area contributed by atoms with Gasteiger partial charge in [-0.05, 0) is 44.4 Å². The highest BCUT2D eigenvalue weighted by Crippen LogP contribution is 2.20. The summed E-state index contributed by atoms with van der Waals surface area (Å²) in [5, 5.41) is 6.66. The van der Waals surface area contributed by atoms with Gasteiger partial charge in [0.2, 0.25) is 10.0 Å². The highest BCUT2D eigenvalue weighted by Gasteiger charge is 2.21. The van der Waals surface area contributed by atoms with Crippen molar-refractivity contribution in [1.29, 1.82) is 0 Å². The summed E-state index contributed by atoms with van der Waals surface area (Å²) in [7, 11) is -0.398. The fourth-order valence-corrected chi connectivity index (χ4v) is 4.83. The molecule has 0 aromatic heterocycles. The van der Waals surface area contributed by atoms with Crippen LogP contribution >= 0.6 is 24.0 Å². The van der Waals surface area contributed by atoms with Gasteiger partial charge in [0, 0.05) is 39.8 Å². The zero-order valence-electron chi connectivity index (χ0n) is 18.7. The van der Waals surface area contributed by atoms with Gasteiger partial charge in [0.15, 0.2) is 5.96 Å². The summed E-state index contributed by atoms with van der Waals surface area (Å²) in [6, 6.07) is 7.75. The Morgan fingerprint density at radius 2 is 1.93 bits per heavy atom. The maximum Gasteiger partial charge on any atom is 0.242 e. The second kappa shape index (κ2) is 13.5. The maximum atomic E-state index is 12.6. The van der Waals surface area contributed by atoms with Crippen LogP contribution in [0.5, 0.6) is 0 Å². The van der Waals surface area contributed by atoms with Gasteiger partial charge in [-0.3, -0.25) is 4.90 Å². The number of sulfonamides is 1. The Labute approximate surface area is 199 Å². The normalized spacial score (nSPS) is 18.2. The molecule has 0 radical (unpaired) electrons. The molecule has 7 nitrogen and oxygen atoms in total. The molecule has 1 atom stereocenters. The quantitative estimate of drug-likeness (QED) is 0.281. The van der Waals surface area contributed by atoms with E-state index in [-0.39, 0.29) is 24.0 Å². The van der Waals surface area contributed by atoms with E-state index in [9.17, 15) is 8.42 Å². The fraction of sp³-hybridized carbons (Fsp3) is 0.667. The Balaban J connectivity index is 0.00000450. The molecule has 0 spiro atoms. The van der Waals surface area contributed by atoms with Crippen LogP contribution in [0.1, 0.15) is 45.1 Å². The molecule has 0 saturated carbocycles. The molecule has 1 fully saturated rings. The first-order valence-electron chi connectivity index (χ1n) is 10.7. The van der Waals surface area contributed by atoms with Crippen molar-refractivity contribution < 1.29 is 8.42 Å². The highest BCUT2D eigenvalue weighted by atomic mass is 127. The SMILES string of the molecule is CCNC(=NCc1ccccc1S(=O)(=O)N(C)C)NCCN1CCCCC1CC.I. The van der Waals surface area contributed by atoms with Crippen LogP contribution in [0.15, 0.2) is 34.2 Å². The van der Waals surface area contributed by atoms with Crippen LogP contribution in [0.3, 0.4) is 0 Å². The van der Waals surface area contributed by atoms with E-state index >= 15 is 0 Å². The average molecular weight is 552 g/mol. The topological polar surface area (TPSA) is 77.0 Å². The molecular formula is C21H38IN5O2S. The number of nitrogens with zero attached hydrogens (tertiary/aromatic N) is 3. The molecule has 1 heterocycles. The Kier molecular flexibility index (Phi) is 12.2. The van der Waals surface area contributed by atoms with E-state index in [1.807, 2.05) is 19.1 Å². The second-order valence-corrected chi connectivity index (χ2v) is 9.73. The van der Waals surface area contributed by atoms with Gasteiger partial charge in [0.25, 0.3) is 0 Å². The molecule has 1 aromatic rings. The van der Waals surface area contributed by atoms with E-state index in [0.29, 0.717) is 23.0 Å². The largest absolute Gasteiger partial charge is 0.357 e. The van der Waals surface area contributed by atoms with E-state index in [1.54, 1.807) is 26.2 Å². The third-order valence-electron chi connectivity index (χ3n) is 5.39. The smallest absolute Gasteiger partial charge is 0.242 e. The third kappa shape index (κ3) is 7.65. The lowest BCUT2D eigenvalue weighted by atomic mass is 10.0. The molecular weight excluding hydrogens is 513 g/mol. The molecule has 0 aliphatic carbocycles. The Bertz CT molecular complexity index is 770. The third-order valence-corrected chi connectivity index (χ3v) is 7.31. The Morgan fingerprint density at radius 3 is 2.60 bits per heavy atom. The number of guanidine groups is 1. The van der Waals surface area contributed by atoms with Crippen molar-refractivity contribution in [1.82, 2.24) is 19.8 Å². The number of nitrogens with one attached hydrogen (secondary N) is 2. The molecule has 9 heteroatoms. The lowest BCUT2D eigenvalue weighted by molar-refractivity contribution is 0.147. The van der Waals surface area contributed by atoms with Crippen LogP contribution in [-0.4, -0.2) is 69.9 Å². The van der Waals surface area contributed by atoms with E-state index in [1.165, 1.54) is 36.5 Å². The average Bonchev–Trinajstić information content (AvgIpc) is 2.72. The van der Waals surface area contributed by atoms with Crippen LogP contribution in [0.4, 0.5) is 0 Å². The number of halogens is 1. The van der Waals surface area contributed by atoms with Gasteiger partial charge in [0.1, 0.15) is 0 Å². The van der Waals surface area contributed by atoms with Crippen molar-refractivity contribution in [3.05, 3.63) is 29.8 Å². The first kappa shape index (κ1) is 27.1. The minimum atomic E-state index is -3.49. The van der Waals surface area contributed by atoms with Crippen LogP contribution in [0, 0.1) is 0 Å². The number of piperidine rings is 1. The van der Waals surface area contributed by atoms with Crippen LogP contribution in [0.25, 0.3) is 0 Å². The van der Waals surface area contributed by atoms with E-state index in [0.717, 1.165) is 25.6 Å². The van der Waals surface area contributed by atoms with E-state index in [2.05, 4.69) is 27.4 Å². The van der Waals surface area contributed by atoms with Crippen LogP contribution in [0.2, 0.25) is 0 Å². The standard InChI is InChI=1S/C21H37N5O2S.HI/c1-5-19-12-9-10-15-26(19)16-14-23-21(22-6-2)24-17-18-11-7-8-13-20(18)29(27,28)25(3)4;/h7-8,11,13,19H,5-6,9-10,12,14-17H2,1-4H3,(H2,22,23,24);1H. The molecule has 1 aliphatic rings. The molecule has 1 aromatic carbocycles. The maximum absolute atomic E-state index is 12.6. The number of aliphatic imine (C=N–C) groups is 1. The monoisotopic (exact) mass is 551 g/mol. The molecule has 0 amide bonds. The first-order chi connectivity index (χ1) is 13.9. The number of hydrogen-bond donors (Lipinski definition) is 2. The Hall–Kier alpha value is -0.910. The molecule has 1 unspecified atom stereocenters. The predicted molar refractivity (Wildman–Crippen MR) is 135 cm³/mol. The van der Waals surface area contributed by atoms with Crippen LogP contribution < -0.4 is 10.6 Å². The summed E-state index contributed by atoms with van der Waals surface area (Å²) in [6.45, 7) is 8.34.